The standard InChI is InChI=1S/C20H15ClN4S/c21-17-9-3-5-14(11-17)13-22-25-19(23-24-20(25)26)12-16-8-4-7-15-6-1-2-10-18(15)16/h1-11,13H,12H2,(H,24,26)/b22-13-. The lowest BCUT2D eigenvalue weighted by molar-refractivity contribution is 0.793. The molecule has 6 heteroatoms. The molecule has 1 aromatic heterocycles. The second-order valence-electron chi connectivity index (χ2n) is 5.87. The molecule has 0 saturated carbocycles. The van der Waals surface area contributed by atoms with Crippen LogP contribution in [0.2, 0.25) is 5.02 Å². The summed E-state index contributed by atoms with van der Waals surface area (Å²) in [5.74, 6) is 0.754. The van der Waals surface area contributed by atoms with E-state index in [1.165, 1.54) is 16.3 Å². The van der Waals surface area contributed by atoms with E-state index in [4.69, 9.17) is 23.8 Å². The average Bonchev–Trinajstić information content (AvgIpc) is 3.00. The van der Waals surface area contributed by atoms with Gasteiger partial charge in [0.25, 0.3) is 0 Å². The predicted octanol–water partition coefficient (Wildman–Crippen LogP) is 5.22. The lowest BCUT2D eigenvalue weighted by Crippen LogP contribution is -2.01. The molecule has 1 heterocycles. The zero-order chi connectivity index (χ0) is 17.9. The van der Waals surface area contributed by atoms with E-state index < -0.39 is 0 Å². The molecule has 0 bridgehead atoms. The van der Waals surface area contributed by atoms with Crippen LogP contribution in [0.1, 0.15) is 17.0 Å². The maximum Gasteiger partial charge on any atom is 0.216 e. The average molecular weight is 379 g/mol. The summed E-state index contributed by atoms with van der Waals surface area (Å²) in [6, 6.07) is 22.1. The molecule has 0 aliphatic carbocycles. The Bertz CT molecular complexity index is 1150. The molecule has 0 fully saturated rings. The van der Waals surface area contributed by atoms with Crippen molar-refractivity contribution in [1.29, 1.82) is 0 Å². The number of nitrogens with zero attached hydrogens (tertiary/aromatic N) is 3. The molecule has 1 N–H and O–H groups in total. The molecule has 0 amide bonds. The summed E-state index contributed by atoms with van der Waals surface area (Å²) >= 11 is 11.4. The minimum Gasteiger partial charge on any atom is -0.250 e. The van der Waals surface area contributed by atoms with Crippen LogP contribution in [0.4, 0.5) is 0 Å². The van der Waals surface area contributed by atoms with Crippen molar-refractivity contribution in [2.45, 2.75) is 6.42 Å². The fourth-order valence-corrected chi connectivity index (χ4v) is 3.28. The first kappa shape index (κ1) is 16.7. The zero-order valence-corrected chi connectivity index (χ0v) is 15.3. The summed E-state index contributed by atoms with van der Waals surface area (Å²) in [5, 5.41) is 14.7. The highest BCUT2D eigenvalue weighted by atomic mass is 35.5. The third kappa shape index (κ3) is 3.45. The number of nitrogens with one attached hydrogen (secondary N) is 1. The smallest absolute Gasteiger partial charge is 0.216 e. The third-order valence-corrected chi connectivity index (χ3v) is 4.62. The van der Waals surface area contributed by atoms with Crippen LogP contribution in [0.15, 0.2) is 71.8 Å². The molecule has 26 heavy (non-hydrogen) atoms. The van der Waals surface area contributed by atoms with Gasteiger partial charge in [-0.05, 0) is 46.2 Å². The van der Waals surface area contributed by atoms with Crippen LogP contribution in [0.3, 0.4) is 0 Å². The molecule has 4 aromatic rings. The van der Waals surface area contributed by atoms with Gasteiger partial charge in [-0.15, -0.1) is 0 Å². The van der Waals surface area contributed by atoms with Gasteiger partial charge in [-0.3, -0.25) is 5.10 Å². The lowest BCUT2D eigenvalue weighted by atomic mass is 10.0. The molecule has 3 aromatic carbocycles. The second-order valence-corrected chi connectivity index (χ2v) is 6.69. The summed E-state index contributed by atoms with van der Waals surface area (Å²) in [5.41, 5.74) is 2.08. The molecule has 0 spiro atoms. The van der Waals surface area contributed by atoms with E-state index in [1.807, 2.05) is 36.4 Å². The zero-order valence-electron chi connectivity index (χ0n) is 13.8. The molecular weight excluding hydrogens is 364 g/mol. The van der Waals surface area contributed by atoms with Gasteiger partial charge < -0.3 is 0 Å². The van der Waals surface area contributed by atoms with Gasteiger partial charge in [0.1, 0.15) is 0 Å². The number of hydrogen-bond acceptors (Lipinski definition) is 3. The normalized spacial score (nSPS) is 11.4. The van der Waals surface area contributed by atoms with E-state index in [2.05, 4.69) is 45.6 Å². The summed E-state index contributed by atoms with van der Waals surface area (Å²) < 4.78 is 2.11. The molecule has 0 unspecified atom stereocenters. The van der Waals surface area contributed by atoms with Crippen LogP contribution in [-0.2, 0) is 6.42 Å². The van der Waals surface area contributed by atoms with Gasteiger partial charge in [0.05, 0.1) is 6.21 Å². The Morgan fingerprint density at radius 3 is 2.77 bits per heavy atom. The minimum atomic E-state index is 0.457. The fraction of sp³-hybridized carbons (Fsp3) is 0.0500. The number of rotatable bonds is 4. The quantitative estimate of drug-likeness (QED) is 0.391. The predicted molar refractivity (Wildman–Crippen MR) is 109 cm³/mol. The van der Waals surface area contributed by atoms with Crippen molar-refractivity contribution in [3.8, 4) is 0 Å². The number of hydrogen-bond donors (Lipinski definition) is 1. The van der Waals surface area contributed by atoms with Gasteiger partial charge in [-0.2, -0.15) is 14.9 Å². The van der Waals surface area contributed by atoms with Crippen LogP contribution in [0, 0.1) is 4.77 Å². The van der Waals surface area contributed by atoms with E-state index in [-0.39, 0.29) is 0 Å². The van der Waals surface area contributed by atoms with Gasteiger partial charge in [0.2, 0.25) is 4.77 Å². The molecule has 0 radical (unpaired) electrons. The maximum absolute atomic E-state index is 6.02. The first-order valence-corrected chi connectivity index (χ1v) is 8.92. The van der Waals surface area contributed by atoms with E-state index >= 15 is 0 Å². The minimum absolute atomic E-state index is 0.457. The number of benzene rings is 3. The van der Waals surface area contributed by atoms with E-state index in [1.54, 1.807) is 10.9 Å². The highest BCUT2D eigenvalue weighted by molar-refractivity contribution is 7.71. The van der Waals surface area contributed by atoms with Crippen molar-refractivity contribution >= 4 is 40.8 Å². The molecule has 0 aliphatic heterocycles. The van der Waals surface area contributed by atoms with Crippen LogP contribution in [-0.4, -0.2) is 21.1 Å². The molecule has 4 nitrogen and oxygen atoms in total. The van der Waals surface area contributed by atoms with Crippen LogP contribution in [0.25, 0.3) is 10.8 Å². The number of H-pyrrole nitrogens is 1. The third-order valence-electron chi connectivity index (χ3n) is 4.12. The monoisotopic (exact) mass is 378 g/mol. The van der Waals surface area contributed by atoms with Crippen LogP contribution in [0.5, 0.6) is 0 Å². The van der Waals surface area contributed by atoms with Crippen molar-refractivity contribution in [1.82, 2.24) is 14.9 Å². The highest BCUT2D eigenvalue weighted by Gasteiger charge is 2.09. The lowest BCUT2D eigenvalue weighted by Gasteiger charge is -2.06. The van der Waals surface area contributed by atoms with Crippen molar-refractivity contribution in [3.63, 3.8) is 0 Å². The van der Waals surface area contributed by atoms with Gasteiger partial charge in [0.15, 0.2) is 5.82 Å². The molecule has 128 valence electrons. The molecule has 0 atom stereocenters. The first-order chi connectivity index (χ1) is 12.7. The van der Waals surface area contributed by atoms with Gasteiger partial charge in [-0.1, -0.05) is 66.2 Å². The van der Waals surface area contributed by atoms with Crippen molar-refractivity contribution in [2.24, 2.45) is 5.10 Å². The fourth-order valence-electron chi connectivity index (χ4n) is 2.89. The van der Waals surface area contributed by atoms with Crippen molar-refractivity contribution in [3.05, 3.63) is 93.5 Å². The van der Waals surface area contributed by atoms with E-state index in [0.29, 0.717) is 16.2 Å². The second kappa shape index (κ2) is 7.23. The Kier molecular flexibility index (Phi) is 4.65. The van der Waals surface area contributed by atoms with Crippen LogP contribution >= 0.6 is 23.8 Å². The van der Waals surface area contributed by atoms with Gasteiger partial charge in [-0.25, -0.2) is 0 Å². The summed E-state index contributed by atoms with van der Waals surface area (Å²) in [6.45, 7) is 0. The Labute approximate surface area is 160 Å². The number of halogens is 1. The Morgan fingerprint density at radius 1 is 1.08 bits per heavy atom. The Balaban J connectivity index is 1.69. The van der Waals surface area contributed by atoms with E-state index in [0.717, 1.165) is 11.4 Å². The number of aromatic nitrogens is 3. The molecule has 0 aliphatic rings. The summed E-state index contributed by atoms with van der Waals surface area (Å²) in [7, 11) is 0. The summed E-state index contributed by atoms with van der Waals surface area (Å²) in [6.07, 6.45) is 2.35. The van der Waals surface area contributed by atoms with E-state index in [9.17, 15) is 0 Å². The SMILES string of the molecule is S=c1[nH]nc(Cc2cccc3ccccc23)n1/N=C\c1cccc(Cl)c1. The van der Waals surface area contributed by atoms with Gasteiger partial charge in [0, 0.05) is 11.4 Å². The molecule has 4 rings (SSSR count). The topological polar surface area (TPSA) is 46.0 Å². The Hall–Kier alpha value is -2.76. The molecular formula is C20H15ClN4S. The molecule has 0 saturated heterocycles. The van der Waals surface area contributed by atoms with Crippen LogP contribution < -0.4 is 0 Å². The first-order valence-electron chi connectivity index (χ1n) is 8.13. The van der Waals surface area contributed by atoms with Crippen molar-refractivity contribution in [2.75, 3.05) is 0 Å². The number of fused-ring (bicyclic) bond motifs is 1. The largest absolute Gasteiger partial charge is 0.250 e. The van der Waals surface area contributed by atoms with Crippen molar-refractivity contribution < 1.29 is 0 Å². The number of aromatic amines is 1. The summed E-state index contributed by atoms with van der Waals surface area (Å²) in [4.78, 5) is 0. The highest BCUT2D eigenvalue weighted by Crippen LogP contribution is 2.21. The van der Waals surface area contributed by atoms with Gasteiger partial charge >= 0.3 is 0 Å². The maximum atomic E-state index is 6.02. The Morgan fingerprint density at radius 2 is 1.88 bits per heavy atom.